The molecule has 0 aromatic carbocycles. The van der Waals surface area contributed by atoms with Gasteiger partial charge in [0.15, 0.2) is 0 Å². The molecule has 0 unspecified atom stereocenters. The molecule has 0 atom stereocenters. The van der Waals surface area contributed by atoms with Crippen LogP contribution in [0.2, 0.25) is 0 Å². The van der Waals surface area contributed by atoms with E-state index in [1.807, 2.05) is 34.0 Å². The maximum atomic E-state index is 12.7. The summed E-state index contributed by atoms with van der Waals surface area (Å²) in [6.45, 7) is 7.07. The van der Waals surface area contributed by atoms with Crippen LogP contribution in [0.25, 0.3) is 5.78 Å². The summed E-state index contributed by atoms with van der Waals surface area (Å²) < 4.78 is 3.76. The van der Waals surface area contributed by atoms with Crippen molar-refractivity contribution >= 4 is 17.5 Å². The monoisotopic (exact) mass is 368 g/mol. The van der Waals surface area contributed by atoms with Gasteiger partial charge in [0.1, 0.15) is 12.1 Å². The molecule has 0 bridgehead atoms. The van der Waals surface area contributed by atoms with Crippen molar-refractivity contribution in [3.8, 4) is 0 Å². The van der Waals surface area contributed by atoms with Crippen molar-refractivity contribution in [3.05, 3.63) is 35.5 Å². The van der Waals surface area contributed by atoms with Crippen LogP contribution in [0.1, 0.15) is 23.4 Å². The van der Waals surface area contributed by atoms with Crippen LogP contribution in [0, 0.1) is 13.8 Å². The molecular formula is C18H24N8O. The largest absolute Gasteiger partial charge is 0.354 e. The average Bonchev–Trinajstić information content (AvgIpc) is 3.25. The first kappa shape index (κ1) is 17.4. The molecule has 3 aromatic rings. The zero-order chi connectivity index (χ0) is 19.0. The van der Waals surface area contributed by atoms with Gasteiger partial charge in [0.25, 0.3) is 5.78 Å². The molecule has 1 aliphatic heterocycles. The van der Waals surface area contributed by atoms with E-state index < -0.39 is 0 Å². The molecule has 4 rings (SSSR count). The number of carbonyl (C=O) groups excluding carboxylic acids is 1. The summed E-state index contributed by atoms with van der Waals surface area (Å²) in [5, 5.41) is 12.3. The van der Waals surface area contributed by atoms with Crippen LogP contribution in [0.4, 0.5) is 5.82 Å². The molecule has 142 valence electrons. The highest BCUT2D eigenvalue weighted by Gasteiger charge is 2.23. The van der Waals surface area contributed by atoms with Crippen LogP contribution < -0.4 is 4.90 Å². The Labute approximate surface area is 157 Å². The number of fused-ring (bicyclic) bond motifs is 1. The number of amides is 1. The quantitative estimate of drug-likeness (QED) is 0.676. The van der Waals surface area contributed by atoms with Gasteiger partial charge in [-0.1, -0.05) is 0 Å². The number of hydrogen-bond acceptors (Lipinski definition) is 6. The van der Waals surface area contributed by atoms with Gasteiger partial charge in [0, 0.05) is 51.5 Å². The van der Waals surface area contributed by atoms with Gasteiger partial charge >= 0.3 is 0 Å². The van der Waals surface area contributed by atoms with Gasteiger partial charge < -0.3 is 9.80 Å². The van der Waals surface area contributed by atoms with E-state index >= 15 is 0 Å². The summed E-state index contributed by atoms with van der Waals surface area (Å²) in [5.74, 6) is 1.81. The van der Waals surface area contributed by atoms with Crippen molar-refractivity contribution in [1.29, 1.82) is 0 Å². The molecule has 3 aromatic heterocycles. The molecule has 0 aliphatic carbocycles. The van der Waals surface area contributed by atoms with Crippen molar-refractivity contribution in [3.63, 3.8) is 0 Å². The lowest BCUT2D eigenvalue weighted by Crippen LogP contribution is -2.49. The molecule has 9 heteroatoms. The Balaban J connectivity index is 1.36. The van der Waals surface area contributed by atoms with E-state index in [9.17, 15) is 4.79 Å². The van der Waals surface area contributed by atoms with Crippen LogP contribution in [0.3, 0.4) is 0 Å². The number of anilines is 1. The number of piperazine rings is 1. The van der Waals surface area contributed by atoms with Gasteiger partial charge in [-0.3, -0.25) is 13.9 Å². The fraction of sp³-hybridized carbons (Fsp3) is 0.500. The summed E-state index contributed by atoms with van der Waals surface area (Å²) >= 11 is 0. The van der Waals surface area contributed by atoms with Crippen LogP contribution in [0.15, 0.2) is 18.6 Å². The third-order valence-corrected chi connectivity index (χ3v) is 5.39. The van der Waals surface area contributed by atoms with E-state index in [1.165, 1.54) is 5.56 Å². The molecule has 0 radical (unpaired) electrons. The smallest absolute Gasteiger partial charge is 0.256 e. The molecule has 1 amide bonds. The molecule has 0 saturated carbocycles. The Morgan fingerprint density at radius 3 is 2.67 bits per heavy atom. The van der Waals surface area contributed by atoms with Gasteiger partial charge in [-0.2, -0.15) is 5.10 Å². The second-order valence-electron chi connectivity index (χ2n) is 6.94. The van der Waals surface area contributed by atoms with Gasteiger partial charge in [-0.25, -0.2) is 4.98 Å². The zero-order valence-corrected chi connectivity index (χ0v) is 16.0. The van der Waals surface area contributed by atoms with Gasteiger partial charge in [0.05, 0.1) is 5.69 Å². The van der Waals surface area contributed by atoms with E-state index in [4.69, 9.17) is 0 Å². The fourth-order valence-electron chi connectivity index (χ4n) is 3.74. The van der Waals surface area contributed by atoms with Crippen molar-refractivity contribution in [1.82, 2.24) is 34.3 Å². The summed E-state index contributed by atoms with van der Waals surface area (Å²) in [6, 6.07) is 1.96. The predicted molar refractivity (Wildman–Crippen MR) is 101 cm³/mol. The molecule has 9 nitrogen and oxygen atoms in total. The third-order valence-electron chi connectivity index (χ3n) is 5.39. The number of carbonyl (C=O) groups is 1. The standard InChI is InChI=1S/C18H24N8O/c1-13-15(14(2)23(3)22-13)4-5-17(27)25-10-8-24(9-11-25)16-6-7-19-18-21-20-12-26(16)18/h6-7,12H,4-5,8-11H2,1-3H3. The molecule has 0 N–H and O–H groups in total. The summed E-state index contributed by atoms with van der Waals surface area (Å²) in [7, 11) is 1.94. The number of aryl methyl sites for hydroxylation is 2. The van der Waals surface area contributed by atoms with Crippen LogP contribution in [-0.2, 0) is 18.3 Å². The van der Waals surface area contributed by atoms with E-state index in [1.54, 1.807) is 12.5 Å². The molecule has 0 spiro atoms. The van der Waals surface area contributed by atoms with Crippen molar-refractivity contribution in [2.24, 2.45) is 7.05 Å². The first-order valence-electron chi connectivity index (χ1n) is 9.21. The highest BCUT2D eigenvalue weighted by Crippen LogP contribution is 2.18. The minimum atomic E-state index is 0.210. The maximum absolute atomic E-state index is 12.7. The Morgan fingerprint density at radius 2 is 1.96 bits per heavy atom. The van der Waals surface area contributed by atoms with Gasteiger partial charge in [-0.15, -0.1) is 10.2 Å². The Bertz CT molecular complexity index is 967. The second kappa shape index (κ2) is 6.98. The summed E-state index contributed by atoms with van der Waals surface area (Å²) in [5.41, 5.74) is 3.35. The van der Waals surface area contributed by atoms with Crippen LogP contribution in [-0.4, -0.2) is 66.3 Å². The lowest BCUT2D eigenvalue weighted by atomic mass is 10.1. The number of nitrogens with zero attached hydrogens (tertiary/aromatic N) is 8. The first-order chi connectivity index (χ1) is 13.0. The fourth-order valence-corrected chi connectivity index (χ4v) is 3.74. The minimum absolute atomic E-state index is 0.210. The van der Waals surface area contributed by atoms with Crippen molar-refractivity contribution in [2.75, 3.05) is 31.1 Å². The molecule has 27 heavy (non-hydrogen) atoms. The third kappa shape index (κ3) is 3.24. The average molecular weight is 368 g/mol. The number of aromatic nitrogens is 6. The van der Waals surface area contributed by atoms with Crippen molar-refractivity contribution in [2.45, 2.75) is 26.7 Å². The van der Waals surface area contributed by atoms with E-state index in [2.05, 4.69) is 32.1 Å². The molecule has 1 saturated heterocycles. The predicted octanol–water partition coefficient (Wildman–Crippen LogP) is 0.756. The Hall–Kier alpha value is -2.97. The van der Waals surface area contributed by atoms with Crippen molar-refractivity contribution < 1.29 is 4.79 Å². The Kier molecular flexibility index (Phi) is 4.51. The SMILES string of the molecule is Cc1nn(C)c(C)c1CCC(=O)N1CCN(c2ccnc3nncn23)CC1. The lowest BCUT2D eigenvalue weighted by Gasteiger charge is -2.36. The summed E-state index contributed by atoms with van der Waals surface area (Å²) in [6.07, 6.45) is 4.69. The molecular weight excluding hydrogens is 344 g/mol. The topological polar surface area (TPSA) is 84.5 Å². The zero-order valence-electron chi connectivity index (χ0n) is 16.0. The van der Waals surface area contributed by atoms with E-state index in [0.717, 1.165) is 49.8 Å². The molecule has 1 fully saturated rings. The van der Waals surface area contributed by atoms with E-state index in [-0.39, 0.29) is 5.91 Å². The highest BCUT2D eigenvalue weighted by atomic mass is 16.2. The Morgan fingerprint density at radius 1 is 1.19 bits per heavy atom. The van der Waals surface area contributed by atoms with Crippen LogP contribution in [0.5, 0.6) is 0 Å². The molecule has 4 heterocycles. The number of hydrogen-bond donors (Lipinski definition) is 0. The lowest BCUT2D eigenvalue weighted by molar-refractivity contribution is -0.131. The normalized spacial score (nSPS) is 14.9. The second-order valence-corrected chi connectivity index (χ2v) is 6.94. The minimum Gasteiger partial charge on any atom is -0.354 e. The summed E-state index contributed by atoms with van der Waals surface area (Å²) in [4.78, 5) is 21.1. The first-order valence-corrected chi connectivity index (χ1v) is 9.21. The molecule has 1 aliphatic rings. The van der Waals surface area contributed by atoms with E-state index in [0.29, 0.717) is 12.2 Å². The maximum Gasteiger partial charge on any atom is 0.256 e. The van der Waals surface area contributed by atoms with Crippen LogP contribution >= 0.6 is 0 Å². The number of rotatable bonds is 4. The highest BCUT2D eigenvalue weighted by molar-refractivity contribution is 5.77. The van der Waals surface area contributed by atoms with Gasteiger partial charge in [-0.05, 0) is 31.9 Å². The van der Waals surface area contributed by atoms with Gasteiger partial charge in [0.2, 0.25) is 5.91 Å².